The van der Waals surface area contributed by atoms with E-state index in [2.05, 4.69) is 28.2 Å². The summed E-state index contributed by atoms with van der Waals surface area (Å²) in [5, 5.41) is 4.58. The molecule has 1 N–H and O–H groups in total. The molecule has 0 amide bonds. The van der Waals surface area contributed by atoms with Crippen molar-refractivity contribution < 1.29 is 4.74 Å². The number of halogens is 3. The van der Waals surface area contributed by atoms with Crippen LogP contribution >= 0.6 is 39.1 Å². The molecule has 21 heavy (non-hydrogen) atoms. The largest absolute Gasteiger partial charge is 0.496 e. The van der Waals surface area contributed by atoms with E-state index < -0.39 is 0 Å². The summed E-state index contributed by atoms with van der Waals surface area (Å²) in [6.07, 6.45) is 0. The average Bonchev–Trinajstić information content (AvgIpc) is 2.48. The maximum atomic E-state index is 6.36. The number of ether oxygens (including phenoxy) is 1. The highest BCUT2D eigenvalue weighted by Crippen LogP contribution is 2.35. The summed E-state index contributed by atoms with van der Waals surface area (Å²) in [6, 6.07) is 11.6. The maximum absolute atomic E-state index is 6.36. The highest BCUT2D eigenvalue weighted by Gasteiger charge is 2.18. The zero-order chi connectivity index (χ0) is 15.4. The molecule has 2 aromatic rings. The van der Waals surface area contributed by atoms with E-state index in [0.29, 0.717) is 10.0 Å². The second-order valence-electron chi connectivity index (χ2n) is 4.53. The van der Waals surface area contributed by atoms with Crippen LogP contribution in [0.4, 0.5) is 0 Å². The van der Waals surface area contributed by atoms with Crippen LogP contribution in [-0.2, 0) is 0 Å². The monoisotopic (exact) mass is 387 g/mol. The van der Waals surface area contributed by atoms with Gasteiger partial charge < -0.3 is 10.1 Å². The van der Waals surface area contributed by atoms with Crippen molar-refractivity contribution in [1.29, 1.82) is 0 Å². The van der Waals surface area contributed by atoms with Gasteiger partial charge in [-0.1, -0.05) is 48.3 Å². The number of nitrogens with one attached hydrogen (secondary N) is 1. The smallest absolute Gasteiger partial charge is 0.133 e. The first kappa shape index (κ1) is 16.6. The maximum Gasteiger partial charge on any atom is 0.133 e. The van der Waals surface area contributed by atoms with Crippen molar-refractivity contribution in [3.8, 4) is 5.75 Å². The van der Waals surface area contributed by atoms with E-state index in [-0.39, 0.29) is 6.04 Å². The molecule has 2 rings (SSSR count). The van der Waals surface area contributed by atoms with E-state index in [1.807, 2.05) is 30.3 Å². The van der Waals surface area contributed by atoms with Crippen molar-refractivity contribution in [2.24, 2.45) is 0 Å². The van der Waals surface area contributed by atoms with E-state index in [4.69, 9.17) is 27.9 Å². The highest BCUT2D eigenvalue weighted by atomic mass is 79.9. The Morgan fingerprint density at radius 3 is 2.62 bits per heavy atom. The zero-order valence-corrected chi connectivity index (χ0v) is 14.9. The topological polar surface area (TPSA) is 21.3 Å². The van der Waals surface area contributed by atoms with E-state index in [1.54, 1.807) is 13.2 Å². The Balaban J connectivity index is 2.48. The molecular formula is C16H16BrCl2NO. The van der Waals surface area contributed by atoms with Gasteiger partial charge in [0.25, 0.3) is 0 Å². The molecule has 0 saturated carbocycles. The first-order chi connectivity index (χ1) is 10.1. The summed E-state index contributed by atoms with van der Waals surface area (Å²) in [5.74, 6) is 0.797. The van der Waals surface area contributed by atoms with Gasteiger partial charge in [-0.3, -0.25) is 0 Å². The third-order valence-corrected chi connectivity index (χ3v) is 4.66. The number of hydrogen-bond acceptors (Lipinski definition) is 2. The van der Waals surface area contributed by atoms with Crippen molar-refractivity contribution in [3.63, 3.8) is 0 Å². The minimum absolute atomic E-state index is 0.0246. The number of methoxy groups -OCH3 is 1. The Labute approximate surface area is 143 Å². The van der Waals surface area contributed by atoms with Gasteiger partial charge in [-0.15, -0.1) is 0 Å². The molecule has 0 aliphatic heterocycles. The normalized spacial score (nSPS) is 12.2. The fourth-order valence-electron chi connectivity index (χ4n) is 2.22. The van der Waals surface area contributed by atoms with Gasteiger partial charge in [-0.2, -0.15) is 0 Å². The Kier molecular flexibility index (Phi) is 5.94. The Bertz CT molecular complexity index is 634. The van der Waals surface area contributed by atoms with Crippen molar-refractivity contribution >= 4 is 39.1 Å². The summed E-state index contributed by atoms with van der Waals surface area (Å²) in [6.45, 7) is 2.88. The van der Waals surface area contributed by atoms with Gasteiger partial charge in [0.2, 0.25) is 0 Å². The SMILES string of the molecule is CCNC(c1ccc(OC)c(Br)c1)c1cccc(Cl)c1Cl. The third kappa shape index (κ3) is 3.72. The van der Waals surface area contributed by atoms with E-state index in [1.165, 1.54) is 0 Å². The third-order valence-electron chi connectivity index (χ3n) is 3.21. The molecule has 1 atom stereocenters. The Morgan fingerprint density at radius 2 is 2.00 bits per heavy atom. The first-order valence-electron chi connectivity index (χ1n) is 6.59. The lowest BCUT2D eigenvalue weighted by atomic mass is 9.98. The van der Waals surface area contributed by atoms with Crippen molar-refractivity contribution in [2.45, 2.75) is 13.0 Å². The fraction of sp³-hybridized carbons (Fsp3) is 0.250. The van der Waals surface area contributed by atoms with Gasteiger partial charge in [-0.25, -0.2) is 0 Å². The predicted octanol–water partition coefficient (Wildman–Crippen LogP) is 5.46. The number of hydrogen-bond donors (Lipinski definition) is 1. The summed E-state index contributed by atoms with van der Waals surface area (Å²) < 4.78 is 6.18. The molecule has 0 fully saturated rings. The van der Waals surface area contributed by atoms with E-state index in [0.717, 1.165) is 27.9 Å². The summed E-state index contributed by atoms with van der Waals surface area (Å²) in [5.41, 5.74) is 2.05. The summed E-state index contributed by atoms with van der Waals surface area (Å²) in [4.78, 5) is 0. The molecule has 0 aromatic heterocycles. The zero-order valence-electron chi connectivity index (χ0n) is 11.8. The van der Waals surface area contributed by atoms with Crippen LogP contribution in [0.3, 0.4) is 0 Å². The van der Waals surface area contributed by atoms with Crippen LogP contribution in [0.1, 0.15) is 24.1 Å². The predicted molar refractivity (Wildman–Crippen MR) is 92.7 cm³/mol. The van der Waals surface area contributed by atoms with Gasteiger partial charge >= 0.3 is 0 Å². The van der Waals surface area contributed by atoms with E-state index in [9.17, 15) is 0 Å². The number of benzene rings is 2. The van der Waals surface area contributed by atoms with Gasteiger partial charge in [0.05, 0.1) is 27.7 Å². The molecule has 0 saturated heterocycles. The Hall–Kier alpha value is -0.740. The molecule has 0 aliphatic rings. The Morgan fingerprint density at radius 1 is 1.24 bits per heavy atom. The molecule has 2 aromatic carbocycles. The molecule has 2 nitrogen and oxygen atoms in total. The van der Waals surface area contributed by atoms with Gasteiger partial charge in [0.1, 0.15) is 5.75 Å². The molecule has 0 spiro atoms. The van der Waals surface area contributed by atoms with Crippen molar-refractivity contribution in [1.82, 2.24) is 5.32 Å². The lowest BCUT2D eigenvalue weighted by Crippen LogP contribution is -2.22. The molecular weight excluding hydrogens is 373 g/mol. The molecule has 0 aliphatic carbocycles. The van der Waals surface area contributed by atoms with Crippen LogP contribution in [-0.4, -0.2) is 13.7 Å². The average molecular weight is 389 g/mol. The lowest BCUT2D eigenvalue weighted by molar-refractivity contribution is 0.412. The molecule has 5 heteroatoms. The van der Waals surface area contributed by atoms with Crippen LogP contribution in [0, 0.1) is 0 Å². The van der Waals surface area contributed by atoms with Crippen LogP contribution < -0.4 is 10.1 Å². The summed E-state index contributed by atoms with van der Waals surface area (Å²) >= 11 is 16.0. The van der Waals surface area contributed by atoms with Crippen LogP contribution in [0.5, 0.6) is 5.75 Å². The van der Waals surface area contributed by atoms with Gasteiger partial charge in [0.15, 0.2) is 0 Å². The quantitative estimate of drug-likeness (QED) is 0.733. The van der Waals surface area contributed by atoms with Crippen LogP contribution in [0.25, 0.3) is 0 Å². The van der Waals surface area contributed by atoms with Gasteiger partial charge in [0, 0.05) is 0 Å². The molecule has 112 valence electrons. The number of rotatable bonds is 5. The molecule has 0 heterocycles. The van der Waals surface area contributed by atoms with E-state index >= 15 is 0 Å². The van der Waals surface area contributed by atoms with Crippen LogP contribution in [0.15, 0.2) is 40.9 Å². The fourth-order valence-corrected chi connectivity index (χ4v) is 3.19. The second kappa shape index (κ2) is 7.50. The lowest BCUT2D eigenvalue weighted by Gasteiger charge is -2.21. The highest BCUT2D eigenvalue weighted by molar-refractivity contribution is 9.10. The first-order valence-corrected chi connectivity index (χ1v) is 8.14. The minimum Gasteiger partial charge on any atom is -0.496 e. The van der Waals surface area contributed by atoms with Gasteiger partial charge in [-0.05, 0) is 51.8 Å². The molecule has 0 radical (unpaired) electrons. The standard InChI is InChI=1S/C16H16BrCl2NO/c1-3-20-16(11-5-4-6-13(18)15(11)19)10-7-8-14(21-2)12(17)9-10/h4-9,16,20H,3H2,1-2H3. The molecule has 1 unspecified atom stereocenters. The van der Waals surface area contributed by atoms with Crippen molar-refractivity contribution in [3.05, 3.63) is 62.0 Å². The van der Waals surface area contributed by atoms with Crippen molar-refractivity contribution in [2.75, 3.05) is 13.7 Å². The summed E-state index contributed by atoms with van der Waals surface area (Å²) in [7, 11) is 1.65. The second-order valence-corrected chi connectivity index (χ2v) is 6.17. The molecule has 0 bridgehead atoms. The van der Waals surface area contributed by atoms with Crippen LogP contribution in [0.2, 0.25) is 10.0 Å². The minimum atomic E-state index is -0.0246.